The van der Waals surface area contributed by atoms with Crippen LogP contribution < -0.4 is 21.7 Å². The number of hydrogen-bond donors (Lipinski definition) is 5. The Labute approximate surface area is 139 Å². The summed E-state index contributed by atoms with van der Waals surface area (Å²) in [5, 5.41) is 15.7. The standard InChI is InChI=1S/C13H24N4O5S/c1-7(14)11(20)16-8(2)12(21)17-9(4-5-23-3)13(22)15-6-10(18)19/h7-9H,4-6,14H2,1-3H3,(H,15,22)(H,16,20)(H,17,21)(H,18,19). The third-order valence-electron chi connectivity index (χ3n) is 2.82. The Morgan fingerprint density at radius 1 is 1.09 bits per heavy atom. The Morgan fingerprint density at radius 3 is 2.17 bits per heavy atom. The minimum Gasteiger partial charge on any atom is -0.480 e. The maximum absolute atomic E-state index is 12.0. The number of aliphatic carboxylic acids is 1. The molecule has 10 heteroatoms. The summed E-state index contributed by atoms with van der Waals surface area (Å²) in [5.41, 5.74) is 5.40. The van der Waals surface area contributed by atoms with E-state index in [1.807, 2.05) is 6.26 Å². The summed E-state index contributed by atoms with van der Waals surface area (Å²) in [6.45, 7) is 2.43. The van der Waals surface area contributed by atoms with Gasteiger partial charge in [0.05, 0.1) is 6.04 Å². The quantitative estimate of drug-likeness (QED) is 0.315. The van der Waals surface area contributed by atoms with Crippen LogP contribution in [-0.4, -0.2) is 65.5 Å². The molecule has 132 valence electrons. The molecule has 0 spiro atoms. The molecule has 0 fully saturated rings. The molecule has 0 aliphatic heterocycles. The monoisotopic (exact) mass is 348 g/mol. The summed E-state index contributed by atoms with van der Waals surface area (Å²) in [7, 11) is 0. The molecule has 0 aromatic heterocycles. The number of carbonyl (C=O) groups excluding carboxylic acids is 3. The Bertz CT molecular complexity index is 444. The predicted octanol–water partition coefficient (Wildman–Crippen LogP) is -1.72. The molecule has 3 amide bonds. The predicted molar refractivity (Wildman–Crippen MR) is 86.8 cm³/mol. The van der Waals surface area contributed by atoms with Crippen LogP contribution >= 0.6 is 11.8 Å². The topological polar surface area (TPSA) is 151 Å². The lowest BCUT2D eigenvalue weighted by atomic mass is 10.2. The first-order valence-corrected chi connectivity index (χ1v) is 8.43. The van der Waals surface area contributed by atoms with Crippen LogP contribution in [0.15, 0.2) is 0 Å². The van der Waals surface area contributed by atoms with Crippen molar-refractivity contribution in [1.82, 2.24) is 16.0 Å². The van der Waals surface area contributed by atoms with Crippen LogP contribution in [-0.2, 0) is 19.2 Å². The Hall–Kier alpha value is -1.81. The molecule has 0 aromatic rings. The fourth-order valence-corrected chi connectivity index (χ4v) is 1.97. The van der Waals surface area contributed by atoms with Gasteiger partial charge in [0.2, 0.25) is 17.7 Å². The van der Waals surface area contributed by atoms with E-state index in [9.17, 15) is 19.2 Å². The SMILES string of the molecule is CSCCC(NC(=O)C(C)NC(=O)C(C)N)C(=O)NCC(=O)O. The summed E-state index contributed by atoms with van der Waals surface area (Å²) >= 11 is 1.49. The van der Waals surface area contributed by atoms with Crippen molar-refractivity contribution in [2.24, 2.45) is 5.73 Å². The molecule has 0 heterocycles. The number of amides is 3. The van der Waals surface area contributed by atoms with Crippen LogP contribution in [0.3, 0.4) is 0 Å². The largest absolute Gasteiger partial charge is 0.480 e. The first-order chi connectivity index (χ1) is 10.7. The average Bonchev–Trinajstić information content (AvgIpc) is 2.48. The van der Waals surface area contributed by atoms with Gasteiger partial charge in [-0.05, 0) is 32.3 Å². The highest BCUT2D eigenvalue weighted by Gasteiger charge is 2.24. The summed E-state index contributed by atoms with van der Waals surface area (Å²) in [5.74, 6) is -2.18. The van der Waals surface area contributed by atoms with Crippen molar-refractivity contribution in [2.45, 2.75) is 38.4 Å². The van der Waals surface area contributed by atoms with Crippen molar-refractivity contribution in [1.29, 1.82) is 0 Å². The van der Waals surface area contributed by atoms with Crippen molar-refractivity contribution in [2.75, 3.05) is 18.6 Å². The molecular formula is C13H24N4O5S. The van der Waals surface area contributed by atoms with Gasteiger partial charge in [-0.2, -0.15) is 11.8 Å². The molecule has 9 nitrogen and oxygen atoms in total. The van der Waals surface area contributed by atoms with Gasteiger partial charge in [-0.1, -0.05) is 0 Å². The van der Waals surface area contributed by atoms with Crippen LogP contribution in [0.1, 0.15) is 20.3 Å². The van der Waals surface area contributed by atoms with Crippen molar-refractivity contribution in [3.05, 3.63) is 0 Å². The molecule has 0 aliphatic carbocycles. The lowest BCUT2D eigenvalue weighted by molar-refractivity contribution is -0.138. The van der Waals surface area contributed by atoms with E-state index >= 15 is 0 Å². The average molecular weight is 348 g/mol. The second kappa shape index (κ2) is 10.8. The first-order valence-electron chi connectivity index (χ1n) is 7.03. The molecule has 0 saturated carbocycles. The van der Waals surface area contributed by atoms with Gasteiger partial charge in [0.25, 0.3) is 0 Å². The third kappa shape index (κ3) is 9.04. The van der Waals surface area contributed by atoms with E-state index in [2.05, 4.69) is 16.0 Å². The summed E-state index contributed by atoms with van der Waals surface area (Å²) in [6.07, 6.45) is 2.19. The highest BCUT2D eigenvalue weighted by atomic mass is 32.2. The Kier molecular flexibility index (Phi) is 9.99. The van der Waals surface area contributed by atoms with E-state index in [4.69, 9.17) is 10.8 Å². The zero-order chi connectivity index (χ0) is 18.0. The second-order valence-electron chi connectivity index (χ2n) is 4.97. The fourth-order valence-electron chi connectivity index (χ4n) is 1.50. The van der Waals surface area contributed by atoms with Crippen LogP contribution in [0.5, 0.6) is 0 Å². The van der Waals surface area contributed by atoms with Gasteiger partial charge in [0.15, 0.2) is 0 Å². The molecular weight excluding hydrogens is 324 g/mol. The van der Waals surface area contributed by atoms with Crippen LogP contribution in [0.2, 0.25) is 0 Å². The van der Waals surface area contributed by atoms with Crippen molar-refractivity contribution < 1.29 is 24.3 Å². The maximum Gasteiger partial charge on any atom is 0.322 e. The van der Waals surface area contributed by atoms with Crippen LogP contribution in [0, 0.1) is 0 Å². The first kappa shape index (κ1) is 21.2. The number of carboxylic acids is 1. The zero-order valence-electron chi connectivity index (χ0n) is 13.4. The fraction of sp³-hybridized carbons (Fsp3) is 0.692. The number of rotatable bonds is 10. The molecule has 3 atom stereocenters. The molecule has 0 rings (SSSR count). The van der Waals surface area contributed by atoms with E-state index in [1.54, 1.807) is 0 Å². The molecule has 0 bridgehead atoms. The van der Waals surface area contributed by atoms with E-state index in [0.717, 1.165) is 0 Å². The number of carboxylic acid groups (broad SMARTS) is 1. The summed E-state index contributed by atoms with van der Waals surface area (Å²) in [4.78, 5) is 45.9. The maximum atomic E-state index is 12.0. The number of carbonyl (C=O) groups is 4. The van der Waals surface area contributed by atoms with Crippen molar-refractivity contribution >= 4 is 35.5 Å². The smallest absolute Gasteiger partial charge is 0.322 e. The minimum absolute atomic E-state index is 0.340. The van der Waals surface area contributed by atoms with E-state index in [-0.39, 0.29) is 0 Å². The van der Waals surface area contributed by atoms with E-state index in [0.29, 0.717) is 12.2 Å². The molecule has 0 radical (unpaired) electrons. The molecule has 23 heavy (non-hydrogen) atoms. The number of nitrogens with one attached hydrogen (secondary N) is 3. The van der Waals surface area contributed by atoms with E-state index in [1.165, 1.54) is 25.6 Å². The summed E-state index contributed by atoms with van der Waals surface area (Å²) in [6, 6.07) is -2.49. The molecule has 3 unspecified atom stereocenters. The minimum atomic E-state index is -1.18. The Morgan fingerprint density at radius 2 is 1.70 bits per heavy atom. The summed E-state index contributed by atoms with van der Waals surface area (Å²) < 4.78 is 0. The third-order valence-corrected chi connectivity index (χ3v) is 3.47. The van der Waals surface area contributed by atoms with Crippen LogP contribution in [0.25, 0.3) is 0 Å². The van der Waals surface area contributed by atoms with Gasteiger partial charge in [0.1, 0.15) is 18.6 Å². The lowest BCUT2D eigenvalue weighted by Gasteiger charge is -2.21. The Balaban J connectivity index is 4.67. The van der Waals surface area contributed by atoms with Gasteiger partial charge in [-0.3, -0.25) is 19.2 Å². The highest BCUT2D eigenvalue weighted by Crippen LogP contribution is 2.02. The lowest BCUT2D eigenvalue weighted by Crippen LogP contribution is -2.54. The van der Waals surface area contributed by atoms with Gasteiger partial charge in [-0.25, -0.2) is 0 Å². The van der Waals surface area contributed by atoms with Crippen LogP contribution in [0.4, 0.5) is 0 Å². The number of nitrogens with two attached hydrogens (primary N) is 1. The highest BCUT2D eigenvalue weighted by molar-refractivity contribution is 7.98. The van der Waals surface area contributed by atoms with Gasteiger partial charge in [-0.15, -0.1) is 0 Å². The number of thioether (sulfide) groups is 1. The van der Waals surface area contributed by atoms with Gasteiger partial charge < -0.3 is 26.8 Å². The van der Waals surface area contributed by atoms with Gasteiger partial charge >= 0.3 is 5.97 Å². The normalized spacial score (nSPS) is 14.3. The number of hydrogen-bond acceptors (Lipinski definition) is 6. The molecule has 0 saturated heterocycles. The van der Waals surface area contributed by atoms with Crippen molar-refractivity contribution in [3.8, 4) is 0 Å². The van der Waals surface area contributed by atoms with E-state index < -0.39 is 48.4 Å². The zero-order valence-corrected chi connectivity index (χ0v) is 14.2. The molecule has 6 N–H and O–H groups in total. The van der Waals surface area contributed by atoms with Crippen molar-refractivity contribution in [3.63, 3.8) is 0 Å². The molecule has 0 aliphatic rings. The van der Waals surface area contributed by atoms with Gasteiger partial charge in [0, 0.05) is 0 Å². The molecule has 0 aromatic carbocycles. The second-order valence-corrected chi connectivity index (χ2v) is 5.96.